The normalized spacial score (nSPS) is 21.0. The number of carbonyl (C=O) groups excluding carboxylic acids is 2. The van der Waals surface area contributed by atoms with Crippen LogP contribution in [0.2, 0.25) is 0 Å². The van der Waals surface area contributed by atoms with Crippen LogP contribution in [0.25, 0.3) is 0 Å². The topological polar surface area (TPSA) is 52.6 Å². The summed E-state index contributed by atoms with van der Waals surface area (Å²) in [6.45, 7) is 5.73. The lowest BCUT2D eigenvalue weighted by atomic mass is 10.1. The van der Waals surface area contributed by atoms with Crippen molar-refractivity contribution in [3.63, 3.8) is 0 Å². The molecular formula is C19H20BrF3O4. The highest BCUT2D eigenvalue weighted by molar-refractivity contribution is 9.10. The van der Waals surface area contributed by atoms with Crippen molar-refractivity contribution in [2.75, 3.05) is 7.11 Å². The van der Waals surface area contributed by atoms with Crippen LogP contribution in [0.15, 0.2) is 16.1 Å². The number of halogens is 4. The maximum Gasteiger partial charge on any atom is 0.333 e. The molecule has 1 aliphatic carbocycles. The van der Waals surface area contributed by atoms with Gasteiger partial charge in [0.1, 0.15) is 12.4 Å². The second kappa shape index (κ2) is 7.66. The van der Waals surface area contributed by atoms with Crippen LogP contribution in [0, 0.1) is 41.6 Å². The summed E-state index contributed by atoms with van der Waals surface area (Å²) in [6.07, 6.45) is 1.64. The molecule has 1 aliphatic rings. The van der Waals surface area contributed by atoms with Crippen LogP contribution in [0.3, 0.4) is 0 Å². The second-order valence-electron chi connectivity index (χ2n) is 7.13. The fourth-order valence-corrected chi connectivity index (χ4v) is 3.67. The van der Waals surface area contributed by atoms with E-state index >= 15 is 0 Å². The number of benzene rings is 1. The van der Waals surface area contributed by atoms with Crippen LogP contribution in [-0.2, 0) is 25.7 Å². The van der Waals surface area contributed by atoms with Gasteiger partial charge in [0.05, 0.1) is 17.5 Å². The van der Waals surface area contributed by atoms with E-state index in [1.54, 1.807) is 13.0 Å². The van der Waals surface area contributed by atoms with Crippen LogP contribution in [0.1, 0.15) is 31.9 Å². The predicted molar refractivity (Wildman–Crippen MR) is 95.1 cm³/mol. The Balaban J connectivity index is 2.15. The van der Waals surface area contributed by atoms with Gasteiger partial charge in [0, 0.05) is 16.7 Å². The Hall–Kier alpha value is -1.83. The molecule has 0 radical (unpaired) electrons. The highest BCUT2D eigenvalue weighted by Gasteiger charge is 2.61. The quantitative estimate of drug-likeness (QED) is 0.375. The Morgan fingerprint density at radius 3 is 2.33 bits per heavy atom. The predicted octanol–water partition coefficient (Wildman–Crippen LogP) is 4.61. The summed E-state index contributed by atoms with van der Waals surface area (Å²) in [5, 5.41) is 0. The molecule has 0 amide bonds. The smallest absolute Gasteiger partial charge is 0.333 e. The molecule has 1 aromatic carbocycles. The van der Waals surface area contributed by atoms with Crippen molar-refractivity contribution in [3.05, 3.63) is 44.7 Å². The molecular weight excluding hydrogens is 429 g/mol. The summed E-state index contributed by atoms with van der Waals surface area (Å²) in [7, 11) is 1.26. The van der Waals surface area contributed by atoms with E-state index in [9.17, 15) is 22.8 Å². The Morgan fingerprint density at radius 1 is 1.19 bits per heavy atom. The molecule has 0 saturated heterocycles. The molecule has 1 saturated carbocycles. The zero-order chi connectivity index (χ0) is 20.7. The molecule has 0 heterocycles. The number of rotatable bonds is 5. The number of carbonyl (C=O) groups is 2. The van der Waals surface area contributed by atoms with Crippen LogP contribution in [0.5, 0.6) is 0 Å². The number of esters is 2. The fraction of sp³-hybridized carbons (Fsp3) is 0.474. The van der Waals surface area contributed by atoms with E-state index in [4.69, 9.17) is 4.74 Å². The first kappa shape index (κ1) is 21.5. The van der Waals surface area contributed by atoms with Crippen molar-refractivity contribution in [3.8, 4) is 0 Å². The van der Waals surface area contributed by atoms with Crippen molar-refractivity contribution in [1.29, 1.82) is 0 Å². The Labute approximate surface area is 163 Å². The average Bonchev–Trinajstić information content (AvgIpc) is 3.17. The molecule has 1 aromatic rings. The summed E-state index contributed by atoms with van der Waals surface area (Å²) in [6, 6.07) is 0. The maximum atomic E-state index is 14.1. The van der Waals surface area contributed by atoms with Gasteiger partial charge in [0.25, 0.3) is 0 Å². The average molecular weight is 449 g/mol. The molecule has 148 valence electrons. The van der Waals surface area contributed by atoms with Crippen molar-refractivity contribution in [1.82, 2.24) is 0 Å². The number of methoxy groups -OCH3 is 1. The van der Waals surface area contributed by atoms with E-state index in [1.807, 2.05) is 13.8 Å². The van der Waals surface area contributed by atoms with Gasteiger partial charge < -0.3 is 9.47 Å². The van der Waals surface area contributed by atoms with E-state index in [0.29, 0.717) is 5.57 Å². The molecule has 0 bridgehead atoms. The highest BCUT2D eigenvalue weighted by atomic mass is 79.9. The molecule has 0 unspecified atom stereocenters. The number of allylic oxidation sites excluding steroid dienone is 1. The van der Waals surface area contributed by atoms with E-state index in [2.05, 4.69) is 20.7 Å². The lowest BCUT2D eigenvalue weighted by Gasteiger charge is -2.12. The molecule has 0 aliphatic heterocycles. The van der Waals surface area contributed by atoms with Crippen molar-refractivity contribution < 1.29 is 32.2 Å². The van der Waals surface area contributed by atoms with Gasteiger partial charge in [-0.05, 0) is 41.1 Å². The largest absolute Gasteiger partial charge is 0.466 e. The molecule has 2 rings (SSSR count). The number of hydrogen-bond donors (Lipinski definition) is 0. The highest BCUT2D eigenvalue weighted by Crippen LogP contribution is 2.60. The van der Waals surface area contributed by atoms with E-state index in [1.165, 1.54) is 7.11 Å². The molecule has 8 heteroatoms. The lowest BCUT2D eigenvalue weighted by molar-refractivity contribution is -0.147. The summed E-state index contributed by atoms with van der Waals surface area (Å²) < 4.78 is 51.2. The van der Waals surface area contributed by atoms with E-state index in [-0.39, 0.29) is 10.4 Å². The van der Waals surface area contributed by atoms with Crippen LogP contribution >= 0.6 is 15.9 Å². The monoisotopic (exact) mass is 448 g/mol. The van der Waals surface area contributed by atoms with Crippen molar-refractivity contribution >= 4 is 27.9 Å². The first-order valence-corrected chi connectivity index (χ1v) is 8.99. The van der Waals surface area contributed by atoms with Crippen molar-refractivity contribution in [2.24, 2.45) is 17.3 Å². The molecule has 0 aromatic heterocycles. The van der Waals surface area contributed by atoms with Gasteiger partial charge >= 0.3 is 11.9 Å². The number of hydrogen-bond acceptors (Lipinski definition) is 4. The van der Waals surface area contributed by atoms with Crippen LogP contribution < -0.4 is 0 Å². The third kappa shape index (κ3) is 3.90. The molecule has 2 atom stereocenters. The van der Waals surface area contributed by atoms with Crippen LogP contribution in [-0.4, -0.2) is 19.0 Å². The summed E-state index contributed by atoms with van der Waals surface area (Å²) in [5.74, 6) is -5.47. The minimum absolute atomic E-state index is 0.260. The van der Waals surface area contributed by atoms with Gasteiger partial charge in [-0.1, -0.05) is 19.9 Å². The zero-order valence-electron chi connectivity index (χ0n) is 15.6. The van der Waals surface area contributed by atoms with E-state index in [0.717, 1.165) is 6.92 Å². The van der Waals surface area contributed by atoms with Crippen molar-refractivity contribution in [2.45, 2.75) is 34.3 Å². The van der Waals surface area contributed by atoms with E-state index < -0.39 is 58.5 Å². The minimum atomic E-state index is -1.32. The van der Waals surface area contributed by atoms with Gasteiger partial charge in [-0.2, -0.15) is 0 Å². The zero-order valence-corrected chi connectivity index (χ0v) is 17.2. The molecule has 0 spiro atoms. The Kier molecular flexibility index (Phi) is 6.09. The first-order chi connectivity index (χ1) is 12.4. The molecule has 0 N–H and O–H groups in total. The first-order valence-electron chi connectivity index (χ1n) is 8.19. The molecule has 27 heavy (non-hydrogen) atoms. The second-order valence-corrected chi connectivity index (χ2v) is 7.93. The lowest BCUT2D eigenvalue weighted by Crippen LogP contribution is -2.13. The Bertz CT molecular complexity index is 804. The number of ether oxygens (including phenoxy) is 2. The third-order valence-electron chi connectivity index (χ3n) is 5.03. The summed E-state index contributed by atoms with van der Waals surface area (Å²) in [5.41, 5.74) is -0.963. The van der Waals surface area contributed by atoms with Crippen LogP contribution in [0.4, 0.5) is 13.2 Å². The maximum absolute atomic E-state index is 14.1. The summed E-state index contributed by atoms with van der Waals surface area (Å²) in [4.78, 5) is 23.9. The van der Waals surface area contributed by atoms with Gasteiger partial charge in [0.15, 0.2) is 11.6 Å². The minimum Gasteiger partial charge on any atom is -0.466 e. The fourth-order valence-electron chi connectivity index (χ4n) is 3.08. The van der Waals surface area contributed by atoms with Gasteiger partial charge in [0.2, 0.25) is 0 Å². The van der Waals surface area contributed by atoms with Gasteiger partial charge in [-0.3, -0.25) is 4.79 Å². The summed E-state index contributed by atoms with van der Waals surface area (Å²) >= 11 is 2.88. The SMILES string of the molecule is COC(=O)/C(C)=C/[C@@H]1[C@@H](C(=O)OCc2c(F)c(F)c(C)c(F)c2Br)C1(C)C. The molecule has 1 fully saturated rings. The van der Waals surface area contributed by atoms with Gasteiger partial charge in [-0.25, -0.2) is 18.0 Å². The Morgan fingerprint density at radius 2 is 1.78 bits per heavy atom. The standard InChI is InChI=1S/C19H20BrF3O4/c1-8(17(24)26-5)6-11-12(19(11,3)4)18(25)27-7-10-13(20)14(21)9(2)15(22)16(10)23/h6,11-12H,7H2,1-5H3/b8-6+/t11-,12+/m1/s1. The van der Waals surface area contributed by atoms with Gasteiger partial charge in [-0.15, -0.1) is 0 Å². The third-order valence-corrected chi connectivity index (χ3v) is 5.86. The molecule has 4 nitrogen and oxygen atoms in total.